The molecule has 4 aromatic carbocycles. The lowest BCUT2D eigenvalue weighted by molar-refractivity contribution is -0.136. The zero-order valence-electron chi connectivity index (χ0n) is 21.9. The Hall–Kier alpha value is -5.28. The van der Waals surface area contributed by atoms with E-state index in [-0.39, 0.29) is 0 Å². The number of nitrogens with one attached hydrogen (secondary N) is 1. The Morgan fingerprint density at radius 3 is 1.39 bits per heavy atom. The third-order valence-electron chi connectivity index (χ3n) is 7.75. The van der Waals surface area contributed by atoms with Crippen LogP contribution in [0.4, 0.5) is 9.59 Å². The Morgan fingerprint density at radius 1 is 0.561 bits per heavy atom. The summed E-state index contributed by atoms with van der Waals surface area (Å²) < 4.78 is 0. The van der Waals surface area contributed by atoms with Crippen molar-refractivity contribution >= 4 is 23.9 Å². The molecule has 6 amide bonds. The van der Waals surface area contributed by atoms with Crippen molar-refractivity contribution in [3.05, 3.63) is 144 Å². The molecule has 0 radical (unpaired) electrons. The van der Waals surface area contributed by atoms with Crippen LogP contribution < -0.4 is 5.32 Å². The molecule has 0 atom stereocenters. The Kier molecular flexibility index (Phi) is 6.36. The predicted molar refractivity (Wildman–Crippen MR) is 149 cm³/mol. The lowest BCUT2D eigenvalue weighted by Crippen LogP contribution is -2.53. The Balaban J connectivity index is 1.51. The second-order valence-electron chi connectivity index (χ2n) is 9.81. The summed E-state index contributed by atoms with van der Waals surface area (Å²) in [5, 5.41) is 13.0. The van der Waals surface area contributed by atoms with E-state index >= 15 is 0 Å². The summed E-state index contributed by atoms with van der Waals surface area (Å²) >= 11 is 0. The molecule has 2 saturated heterocycles. The smallest absolute Gasteiger partial charge is 0.331 e. The van der Waals surface area contributed by atoms with E-state index in [1.165, 1.54) is 4.90 Å². The highest BCUT2D eigenvalue weighted by Gasteiger charge is 2.62. The van der Waals surface area contributed by atoms with Crippen LogP contribution in [0.15, 0.2) is 121 Å². The summed E-state index contributed by atoms with van der Waals surface area (Å²) in [6.07, 6.45) is 0. The molecule has 4 aromatic rings. The highest BCUT2D eigenvalue weighted by molar-refractivity contribution is 6.12. The summed E-state index contributed by atoms with van der Waals surface area (Å²) in [7, 11) is 0. The summed E-state index contributed by atoms with van der Waals surface area (Å²) in [4.78, 5) is 58.8. The van der Waals surface area contributed by atoms with Gasteiger partial charge in [-0.3, -0.25) is 14.5 Å². The van der Waals surface area contributed by atoms with Crippen LogP contribution in [0.3, 0.4) is 0 Å². The number of hydrogen-bond donors (Lipinski definition) is 2. The summed E-state index contributed by atoms with van der Waals surface area (Å²) in [6, 6.07) is 33.5. The largest absolute Gasteiger partial charge is 0.376 e. The van der Waals surface area contributed by atoms with Crippen LogP contribution in [0.25, 0.3) is 0 Å². The minimum absolute atomic E-state index is 0.449. The maximum absolute atomic E-state index is 14.4. The number of carbonyl (C=O) groups is 4. The van der Waals surface area contributed by atoms with Crippen LogP contribution in [0.1, 0.15) is 22.3 Å². The van der Waals surface area contributed by atoms with Gasteiger partial charge in [0.15, 0.2) is 11.1 Å². The SMILES string of the molecule is O=C1NC(c2ccccc2)(c2ccccc2)C(=O)N1CN1C(=O)N(CO)C(=O)C1(c1ccccc1)c1ccccc1. The summed E-state index contributed by atoms with van der Waals surface area (Å²) in [5.74, 6) is -1.29. The molecule has 204 valence electrons. The molecule has 6 rings (SSSR count). The fourth-order valence-electron chi connectivity index (χ4n) is 5.84. The first-order valence-electron chi connectivity index (χ1n) is 13.1. The van der Waals surface area contributed by atoms with Crippen molar-refractivity contribution in [1.82, 2.24) is 20.0 Å². The second kappa shape index (κ2) is 10.0. The highest BCUT2D eigenvalue weighted by atomic mass is 16.3. The molecule has 0 saturated carbocycles. The van der Waals surface area contributed by atoms with E-state index in [2.05, 4.69) is 5.32 Å². The fraction of sp³-hybridized carbons (Fsp3) is 0.125. The van der Waals surface area contributed by atoms with Crippen molar-refractivity contribution in [2.45, 2.75) is 11.1 Å². The third kappa shape index (κ3) is 3.74. The number of hydrogen-bond acceptors (Lipinski definition) is 5. The maximum Gasteiger partial charge on any atom is 0.331 e. The van der Waals surface area contributed by atoms with Crippen LogP contribution in [-0.4, -0.2) is 57.1 Å². The van der Waals surface area contributed by atoms with Gasteiger partial charge in [0.1, 0.15) is 13.4 Å². The van der Waals surface area contributed by atoms with Gasteiger partial charge in [-0.15, -0.1) is 0 Å². The molecule has 0 bridgehead atoms. The van der Waals surface area contributed by atoms with Crippen molar-refractivity contribution in [3.8, 4) is 0 Å². The van der Waals surface area contributed by atoms with Crippen molar-refractivity contribution in [2.24, 2.45) is 0 Å². The quantitative estimate of drug-likeness (QED) is 0.344. The fourth-order valence-corrected chi connectivity index (χ4v) is 5.84. The van der Waals surface area contributed by atoms with Gasteiger partial charge < -0.3 is 10.4 Å². The molecule has 2 N–H and O–H groups in total. The zero-order chi connectivity index (χ0) is 28.6. The average molecular weight is 547 g/mol. The van der Waals surface area contributed by atoms with Crippen molar-refractivity contribution < 1.29 is 24.3 Å². The Bertz CT molecular complexity index is 1530. The third-order valence-corrected chi connectivity index (χ3v) is 7.75. The molecule has 2 aliphatic heterocycles. The van der Waals surface area contributed by atoms with Crippen LogP contribution in [-0.2, 0) is 20.7 Å². The molecule has 0 aromatic heterocycles. The predicted octanol–water partition coefficient (Wildman–Crippen LogP) is 3.60. The van der Waals surface area contributed by atoms with E-state index in [4.69, 9.17) is 0 Å². The molecule has 0 unspecified atom stereocenters. The minimum atomic E-state index is -1.74. The van der Waals surface area contributed by atoms with E-state index in [0.717, 1.165) is 9.80 Å². The van der Waals surface area contributed by atoms with E-state index in [1.807, 2.05) is 12.1 Å². The van der Waals surface area contributed by atoms with Gasteiger partial charge in [-0.25, -0.2) is 19.4 Å². The van der Waals surface area contributed by atoms with Crippen LogP contribution in [0.5, 0.6) is 0 Å². The Labute approximate surface area is 236 Å². The minimum Gasteiger partial charge on any atom is -0.376 e. The molecule has 2 heterocycles. The molecule has 0 aliphatic carbocycles. The maximum atomic E-state index is 14.4. The second-order valence-corrected chi connectivity index (χ2v) is 9.81. The van der Waals surface area contributed by atoms with Crippen molar-refractivity contribution in [3.63, 3.8) is 0 Å². The number of imide groups is 2. The van der Waals surface area contributed by atoms with E-state index in [1.54, 1.807) is 109 Å². The monoisotopic (exact) mass is 546 g/mol. The van der Waals surface area contributed by atoms with Crippen LogP contribution in [0, 0.1) is 0 Å². The first-order valence-corrected chi connectivity index (χ1v) is 13.1. The molecule has 0 spiro atoms. The van der Waals surface area contributed by atoms with Gasteiger partial charge in [0, 0.05) is 0 Å². The van der Waals surface area contributed by atoms with Crippen LogP contribution >= 0.6 is 0 Å². The van der Waals surface area contributed by atoms with Gasteiger partial charge in [0.05, 0.1) is 0 Å². The number of amides is 6. The van der Waals surface area contributed by atoms with Crippen molar-refractivity contribution in [1.29, 1.82) is 0 Å². The molecule has 41 heavy (non-hydrogen) atoms. The Morgan fingerprint density at radius 2 is 0.976 bits per heavy atom. The lowest BCUT2D eigenvalue weighted by atomic mass is 9.81. The highest BCUT2D eigenvalue weighted by Crippen LogP contribution is 2.44. The average Bonchev–Trinajstić information content (AvgIpc) is 3.41. The van der Waals surface area contributed by atoms with Gasteiger partial charge in [-0.1, -0.05) is 121 Å². The van der Waals surface area contributed by atoms with Gasteiger partial charge >= 0.3 is 12.1 Å². The zero-order valence-corrected chi connectivity index (χ0v) is 21.9. The molecule has 2 fully saturated rings. The summed E-state index contributed by atoms with van der Waals surface area (Å²) in [5.41, 5.74) is -1.30. The van der Waals surface area contributed by atoms with Gasteiger partial charge in [0.2, 0.25) is 0 Å². The number of urea groups is 2. The van der Waals surface area contributed by atoms with Gasteiger partial charge in [-0.2, -0.15) is 0 Å². The lowest BCUT2D eigenvalue weighted by Gasteiger charge is -2.37. The topological polar surface area (TPSA) is 110 Å². The number of aliphatic hydroxyl groups is 1. The van der Waals surface area contributed by atoms with Crippen molar-refractivity contribution in [2.75, 3.05) is 13.4 Å². The molecular formula is C32H26N4O5. The van der Waals surface area contributed by atoms with E-state index < -0.39 is 48.4 Å². The number of aliphatic hydroxyl groups excluding tert-OH is 1. The van der Waals surface area contributed by atoms with E-state index in [0.29, 0.717) is 22.3 Å². The van der Waals surface area contributed by atoms with Gasteiger partial charge in [-0.05, 0) is 22.3 Å². The summed E-state index contributed by atoms with van der Waals surface area (Å²) in [6.45, 7) is -1.41. The number of rotatable bonds is 7. The van der Waals surface area contributed by atoms with Gasteiger partial charge in [0.25, 0.3) is 11.8 Å². The number of nitrogens with zero attached hydrogens (tertiary/aromatic N) is 3. The first-order chi connectivity index (χ1) is 20.0. The standard InChI is InChI=1S/C32H26N4O5/c37-22-35-28(39)32(25-17-9-3-10-18-25,26-19-11-4-12-20-26)36(30(35)41)21-34-27(38)31(33-29(34)40,23-13-5-1-6-14-23)24-15-7-2-8-16-24/h1-20,37H,21-22H2,(H,33,40). The van der Waals surface area contributed by atoms with Crippen LogP contribution in [0.2, 0.25) is 0 Å². The normalized spacial score (nSPS) is 17.7. The number of carbonyl (C=O) groups excluding carboxylic acids is 4. The number of benzene rings is 4. The molecule has 9 heteroatoms. The van der Waals surface area contributed by atoms with E-state index in [9.17, 15) is 24.3 Å². The first kappa shape index (κ1) is 26.0. The molecular weight excluding hydrogens is 520 g/mol. The molecule has 9 nitrogen and oxygen atoms in total. The molecule has 2 aliphatic rings.